The monoisotopic (exact) mass is 1480 g/mol. The second-order valence-electron chi connectivity index (χ2n) is 25.7. The summed E-state index contributed by atoms with van der Waals surface area (Å²) in [5, 5.41) is 20.6. The minimum atomic E-state index is -4.95. The maximum absolute atomic E-state index is 13.0. The van der Waals surface area contributed by atoms with Gasteiger partial charge in [0.15, 0.2) is 6.10 Å². The average Bonchev–Trinajstić information content (AvgIpc) is 0.923. The summed E-state index contributed by atoms with van der Waals surface area (Å²) >= 11 is 0. The van der Waals surface area contributed by atoms with Crippen molar-refractivity contribution in [3.8, 4) is 0 Å². The predicted octanol–water partition coefficient (Wildman–Crippen LogP) is 23.2. The molecule has 5 unspecified atom stereocenters. The summed E-state index contributed by atoms with van der Waals surface area (Å²) in [6.07, 6.45) is 96.8. The number of carbonyl (C=O) groups is 3. The second-order valence-corrected chi connectivity index (χ2v) is 28.7. The quantitative estimate of drug-likeness (QED) is 0.0146. The van der Waals surface area contributed by atoms with Crippen molar-refractivity contribution in [2.24, 2.45) is 0 Å². The van der Waals surface area contributed by atoms with E-state index in [2.05, 4.69) is 191 Å². The molecule has 18 heteroatoms. The van der Waals surface area contributed by atoms with Gasteiger partial charge in [0.25, 0.3) is 0 Å². The van der Waals surface area contributed by atoms with Gasteiger partial charge in [-0.15, -0.1) is 0 Å². The highest BCUT2D eigenvalue weighted by Crippen LogP contribution is 2.45. The van der Waals surface area contributed by atoms with Crippen LogP contribution in [0.25, 0.3) is 0 Å². The molecule has 5 atom stereocenters. The van der Waals surface area contributed by atoms with E-state index in [1.54, 1.807) is 0 Å². The van der Waals surface area contributed by atoms with Gasteiger partial charge in [-0.3, -0.25) is 32.5 Å². The largest absolute Gasteiger partial charge is 0.472 e. The summed E-state index contributed by atoms with van der Waals surface area (Å²) in [5.41, 5.74) is 0. The Kier molecular flexibility index (Phi) is 72.8. The molecule has 0 heterocycles. The van der Waals surface area contributed by atoms with Gasteiger partial charge in [0.2, 0.25) is 0 Å². The Morgan fingerprint density at radius 1 is 0.282 bits per heavy atom. The number of aliphatic hydroxyl groups excluding tert-OH is 2. The molecule has 0 spiro atoms. The van der Waals surface area contributed by atoms with Gasteiger partial charge in [0, 0.05) is 19.3 Å². The Hall–Kier alpha value is -5.09. The summed E-state index contributed by atoms with van der Waals surface area (Å²) in [6, 6.07) is 0. The van der Waals surface area contributed by atoms with E-state index in [-0.39, 0.29) is 19.3 Å². The Morgan fingerprint density at radius 2 is 0.515 bits per heavy atom. The molecule has 0 rings (SSSR count). The molecule has 586 valence electrons. The van der Waals surface area contributed by atoms with Crippen LogP contribution in [0, 0.1) is 0 Å². The molecular weight excluding hydrogens is 1340 g/mol. The molecule has 0 saturated carbocycles. The van der Waals surface area contributed by atoms with Crippen molar-refractivity contribution in [1.82, 2.24) is 0 Å². The molecule has 0 amide bonds. The number of phosphoric ester groups is 2. The van der Waals surface area contributed by atoms with Crippen molar-refractivity contribution in [2.75, 3.05) is 39.6 Å². The molecule has 0 saturated heterocycles. The van der Waals surface area contributed by atoms with Crippen molar-refractivity contribution < 1.29 is 75.8 Å². The Morgan fingerprint density at radius 3 is 0.825 bits per heavy atom. The van der Waals surface area contributed by atoms with Crippen LogP contribution in [-0.4, -0.2) is 95.9 Å². The molecule has 0 aliphatic heterocycles. The summed E-state index contributed by atoms with van der Waals surface area (Å²) in [7, 11) is -9.82. The molecule has 0 aliphatic rings. The van der Waals surface area contributed by atoms with Crippen molar-refractivity contribution in [3.05, 3.63) is 170 Å². The molecule has 0 aromatic carbocycles. The zero-order valence-corrected chi connectivity index (χ0v) is 65.7. The molecule has 0 radical (unpaired) electrons. The van der Waals surface area contributed by atoms with E-state index in [0.717, 1.165) is 167 Å². The maximum Gasteiger partial charge on any atom is 0.472 e. The third-order valence-electron chi connectivity index (χ3n) is 15.9. The van der Waals surface area contributed by atoms with Gasteiger partial charge >= 0.3 is 33.6 Å². The predicted molar refractivity (Wildman–Crippen MR) is 426 cm³/mol. The molecule has 0 aromatic heterocycles. The molecule has 0 aromatic rings. The Bertz CT molecular complexity index is 2550. The molecule has 103 heavy (non-hydrogen) atoms. The van der Waals surface area contributed by atoms with Gasteiger partial charge in [-0.1, -0.05) is 287 Å². The summed E-state index contributed by atoms with van der Waals surface area (Å²) in [4.78, 5) is 58.7. The zero-order chi connectivity index (χ0) is 75.2. The molecule has 0 aliphatic carbocycles. The first kappa shape index (κ1) is 97.9. The lowest BCUT2D eigenvalue weighted by molar-refractivity contribution is -0.161. The summed E-state index contributed by atoms with van der Waals surface area (Å²) in [5.74, 6) is -1.64. The highest BCUT2D eigenvalue weighted by Gasteiger charge is 2.29. The van der Waals surface area contributed by atoms with Crippen molar-refractivity contribution in [2.45, 2.75) is 309 Å². The first-order chi connectivity index (χ1) is 50.2. The number of rotatable bonds is 73. The Labute approximate surface area is 624 Å². The van der Waals surface area contributed by atoms with Crippen LogP contribution in [0.4, 0.5) is 0 Å². The standard InChI is InChI=1S/C85H140O16P2/c1-4-7-10-13-16-19-22-25-28-31-34-36-37-38-39-40-41-43-46-47-50-53-56-59-62-65-68-71-83(88)95-74-80(86)75-97-102(91,92)98-76-81(87)77-99-103(93,94)100-79-82(101-85(90)73-70-67-64-61-58-55-52-49-44-33-30-27-24-21-18-15-12-9-6-3)78-96-84(89)72-69-66-63-60-57-54-51-48-45-42-35-32-29-26-23-20-17-14-11-8-5-2/h7,9-10,12,16-21,25-30,34-36,38-39,42,44,48-49,51,55,58,80-82,86-87H,4-6,8,11,13-15,22-24,31-33,37,40-41,43,45-47,50,52-54,56-57,59-79H2,1-3H3,(H,91,92)(H,93,94)/b10-7-,12-9-,19-16-,20-17-,21-18-,28-25-,29-26-,30-27-,36-34-,39-38-,42-35-,49-44-,51-48-,58-55-. The fourth-order valence-electron chi connectivity index (χ4n) is 9.96. The van der Waals surface area contributed by atoms with Crippen LogP contribution in [0.15, 0.2) is 170 Å². The van der Waals surface area contributed by atoms with Gasteiger partial charge in [-0.2, -0.15) is 0 Å². The number of unbranched alkanes of at least 4 members (excludes halogenated alkanes) is 22. The first-order valence-corrected chi connectivity index (χ1v) is 42.4. The van der Waals surface area contributed by atoms with Gasteiger partial charge in [-0.05, 0) is 154 Å². The number of phosphoric acid groups is 2. The minimum Gasteiger partial charge on any atom is -0.463 e. The second kappa shape index (κ2) is 76.6. The van der Waals surface area contributed by atoms with Crippen molar-refractivity contribution in [1.29, 1.82) is 0 Å². The third-order valence-corrected chi connectivity index (χ3v) is 17.8. The summed E-state index contributed by atoms with van der Waals surface area (Å²) in [6.45, 7) is 2.35. The van der Waals surface area contributed by atoms with Gasteiger partial charge in [-0.25, -0.2) is 9.13 Å². The number of carbonyl (C=O) groups excluding carboxylic acids is 3. The molecule has 0 fully saturated rings. The number of esters is 3. The van der Waals surface area contributed by atoms with E-state index in [9.17, 15) is 43.5 Å². The van der Waals surface area contributed by atoms with Crippen LogP contribution >= 0.6 is 15.6 Å². The van der Waals surface area contributed by atoms with Crippen LogP contribution < -0.4 is 0 Å². The maximum atomic E-state index is 13.0. The summed E-state index contributed by atoms with van der Waals surface area (Å²) < 4.78 is 61.1. The highest BCUT2D eigenvalue weighted by atomic mass is 31.2. The zero-order valence-electron chi connectivity index (χ0n) is 63.9. The Balaban J connectivity index is 4.68. The lowest BCUT2D eigenvalue weighted by atomic mass is 10.0. The van der Waals surface area contributed by atoms with E-state index < -0.39 is 91.5 Å². The van der Waals surface area contributed by atoms with Crippen LogP contribution in [0.5, 0.6) is 0 Å². The molecule has 0 bridgehead atoms. The van der Waals surface area contributed by atoms with E-state index in [4.69, 9.17) is 32.3 Å². The smallest absolute Gasteiger partial charge is 0.463 e. The minimum absolute atomic E-state index is 0.0548. The third kappa shape index (κ3) is 77.8. The van der Waals surface area contributed by atoms with Crippen LogP contribution in [0.2, 0.25) is 0 Å². The van der Waals surface area contributed by atoms with Gasteiger partial charge in [0.05, 0.1) is 26.4 Å². The average molecular weight is 1480 g/mol. The number of ether oxygens (including phenoxy) is 3. The first-order valence-electron chi connectivity index (χ1n) is 39.4. The SMILES string of the molecule is CC/C=C\C/C=C\C/C=C\C/C=C\C/C=C\CCCCCCCCCCCCCC(=O)OCC(O)COP(=O)(O)OCC(O)COP(=O)(O)OCC(COC(=O)CCCCCCC/C=C\C/C=C\C/C=C\C/C=C\CCCCC)OC(=O)CCCCC/C=C\C/C=C\C/C=C\C/C=C\C/C=C\CC. The topological polar surface area (TPSA) is 231 Å². The molecule has 16 nitrogen and oxygen atoms in total. The van der Waals surface area contributed by atoms with E-state index >= 15 is 0 Å². The molecular formula is C85H140O16P2. The van der Waals surface area contributed by atoms with Crippen LogP contribution in [0.3, 0.4) is 0 Å². The number of hydrogen-bond acceptors (Lipinski definition) is 14. The van der Waals surface area contributed by atoms with Crippen molar-refractivity contribution in [3.63, 3.8) is 0 Å². The van der Waals surface area contributed by atoms with Gasteiger partial charge in [0.1, 0.15) is 25.4 Å². The van der Waals surface area contributed by atoms with Crippen LogP contribution in [0.1, 0.15) is 290 Å². The number of aliphatic hydroxyl groups is 2. The molecule has 4 N–H and O–H groups in total. The lowest BCUT2D eigenvalue weighted by Crippen LogP contribution is -2.30. The van der Waals surface area contributed by atoms with E-state index in [1.165, 1.54) is 64.2 Å². The fraction of sp³-hybridized carbons (Fsp3) is 0.635. The number of hydrogen-bond donors (Lipinski definition) is 4. The van der Waals surface area contributed by atoms with E-state index in [0.29, 0.717) is 19.3 Å². The van der Waals surface area contributed by atoms with Crippen molar-refractivity contribution >= 4 is 33.6 Å². The highest BCUT2D eigenvalue weighted by molar-refractivity contribution is 7.47. The fourth-order valence-corrected chi connectivity index (χ4v) is 11.5. The van der Waals surface area contributed by atoms with Gasteiger partial charge < -0.3 is 34.2 Å². The number of allylic oxidation sites excluding steroid dienone is 28. The van der Waals surface area contributed by atoms with E-state index in [1.807, 2.05) is 0 Å². The normalized spacial score (nSPS) is 14.9. The van der Waals surface area contributed by atoms with Crippen LogP contribution in [-0.2, 0) is 55.8 Å². The lowest BCUT2D eigenvalue weighted by Gasteiger charge is -2.21.